The van der Waals surface area contributed by atoms with Crippen LogP contribution in [0.25, 0.3) is 0 Å². The SMILES string of the molecule is O=S(=O)(NCCC1CCOC1)c1ccc(CO)cc1. The van der Waals surface area contributed by atoms with Crippen LogP contribution in [-0.2, 0) is 21.4 Å². The van der Waals surface area contributed by atoms with Crippen LogP contribution < -0.4 is 4.72 Å². The van der Waals surface area contributed by atoms with E-state index in [1.54, 1.807) is 12.1 Å². The van der Waals surface area contributed by atoms with Gasteiger partial charge >= 0.3 is 0 Å². The fourth-order valence-corrected chi connectivity index (χ4v) is 3.11. The molecule has 1 aromatic carbocycles. The number of ether oxygens (including phenoxy) is 1. The van der Waals surface area contributed by atoms with Gasteiger partial charge in [0.05, 0.1) is 11.5 Å². The van der Waals surface area contributed by atoms with E-state index in [-0.39, 0.29) is 11.5 Å². The standard InChI is InChI=1S/C13H19NO4S/c15-9-11-1-3-13(4-2-11)19(16,17)14-7-5-12-6-8-18-10-12/h1-4,12,14-15H,5-10H2. The van der Waals surface area contributed by atoms with Crippen molar-refractivity contribution in [3.8, 4) is 0 Å². The highest BCUT2D eigenvalue weighted by Gasteiger charge is 2.18. The molecule has 1 aliphatic heterocycles. The molecule has 1 saturated heterocycles. The van der Waals surface area contributed by atoms with Gasteiger partial charge in [0.1, 0.15) is 0 Å². The Labute approximate surface area is 113 Å². The molecule has 1 fully saturated rings. The normalized spacial score (nSPS) is 19.7. The summed E-state index contributed by atoms with van der Waals surface area (Å²) < 4.78 is 31.8. The molecule has 1 aromatic rings. The summed E-state index contributed by atoms with van der Waals surface area (Å²) in [5.74, 6) is 0.458. The van der Waals surface area contributed by atoms with Crippen LogP contribution in [-0.4, -0.2) is 33.3 Å². The Morgan fingerprint density at radius 3 is 2.63 bits per heavy atom. The van der Waals surface area contributed by atoms with Crippen molar-refractivity contribution < 1.29 is 18.3 Å². The molecule has 19 heavy (non-hydrogen) atoms. The predicted molar refractivity (Wildman–Crippen MR) is 71.1 cm³/mol. The first-order chi connectivity index (χ1) is 9.12. The molecule has 0 radical (unpaired) electrons. The van der Waals surface area contributed by atoms with Gasteiger partial charge in [-0.3, -0.25) is 0 Å². The number of nitrogens with one attached hydrogen (secondary N) is 1. The van der Waals surface area contributed by atoms with Gasteiger partial charge in [-0.25, -0.2) is 13.1 Å². The van der Waals surface area contributed by atoms with Crippen LogP contribution in [0.1, 0.15) is 18.4 Å². The van der Waals surface area contributed by atoms with Crippen LogP contribution in [0.4, 0.5) is 0 Å². The monoisotopic (exact) mass is 285 g/mol. The third-order valence-electron chi connectivity index (χ3n) is 3.28. The summed E-state index contributed by atoms with van der Waals surface area (Å²) in [6.45, 7) is 1.85. The lowest BCUT2D eigenvalue weighted by Crippen LogP contribution is -2.26. The molecule has 0 bridgehead atoms. The van der Waals surface area contributed by atoms with Crippen molar-refractivity contribution in [2.75, 3.05) is 19.8 Å². The van der Waals surface area contributed by atoms with Gasteiger partial charge in [-0.2, -0.15) is 0 Å². The van der Waals surface area contributed by atoms with Crippen molar-refractivity contribution in [1.29, 1.82) is 0 Å². The van der Waals surface area contributed by atoms with Crippen molar-refractivity contribution >= 4 is 10.0 Å². The molecule has 6 heteroatoms. The summed E-state index contributed by atoms with van der Waals surface area (Å²) in [5.41, 5.74) is 0.696. The second kappa shape index (κ2) is 6.47. The maximum Gasteiger partial charge on any atom is 0.240 e. The summed E-state index contributed by atoms with van der Waals surface area (Å²) in [4.78, 5) is 0.229. The summed E-state index contributed by atoms with van der Waals surface area (Å²) >= 11 is 0. The zero-order valence-electron chi connectivity index (χ0n) is 10.7. The molecule has 2 rings (SSSR count). The number of rotatable bonds is 6. The van der Waals surface area contributed by atoms with E-state index in [0.29, 0.717) is 18.0 Å². The largest absolute Gasteiger partial charge is 0.392 e. The molecular formula is C13H19NO4S. The van der Waals surface area contributed by atoms with E-state index in [1.807, 2.05) is 0 Å². The van der Waals surface area contributed by atoms with Crippen LogP contribution >= 0.6 is 0 Å². The Morgan fingerprint density at radius 1 is 1.32 bits per heavy atom. The van der Waals surface area contributed by atoms with Gasteiger partial charge in [0.15, 0.2) is 0 Å². The van der Waals surface area contributed by atoms with Gasteiger partial charge < -0.3 is 9.84 Å². The average molecular weight is 285 g/mol. The minimum absolute atomic E-state index is 0.0879. The highest BCUT2D eigenvalue weighted by molar-refractivity contribution is 7.89. The first-order valence-corrected chi connectivity index (χ1v) is 7.87. The lowest BCUT2D eigenvalue weighted by molar-refractivity contribution is 0.184. The quantitative estimate of drug-likeness (QED) is 0.813. The second-order valence-corrected chi connectivity index (χ2v) is 6.49. The van der Waals surface area contributed by atoms with Crippen LogP contribution in [0.15, 0.2) is 29.2 Å². The number of benzene rings is 1. The number of hydrogen-bond acceptors (Lipinski definition) is 4. The summed E-state index contributed by atoms with van der Waals surface area (Å²) in [6, 6.07) is 6.23. The smallest absolute Gasteiger partial charge is 0.240 e. The molecule has 0 aromatic heterocycles. The van der Waals surface area contributed by atoms with Gasteiger partial charge in [-0.1, -0.05) is 12.1 Å². The first kappa shape index (κ1) is 14.5. The Hall–Kier alpha value is -0.950. The van der Waals surface area contributed by atoms with Gasteiger partial charge in [0.25, 0.3) is 0 Å². The number of sulfonamides is 1. The molecular weight excluding hydrogens is 266 g/mol. The molecule has 0 amide bonds. The Bertz CT molecular complexity index is 492. The maximum atomic E-state index is 12.0. The fraction of sp³-hybridized carbons (Fsp3) is 0.538. The second-order valence-electron chi connectivity index (χ2n) is 4.72. The van der Waals surface area contributed by atoms with Crippen LogP contribution in [0.3, 0.4) is 0 Å². The van der Waals surface area contributed by atoms with E-state index in [1.165, 1.54) is 12.1 Å². The van der Waals surface area contributed by atoms with Gasteiger partial charge in [-0.05, 0) is 36.5 Å². The molecule has 0 spiro atoms. The minimum Gasteiger partial charge on any atom is -0.392 e. The van der Waals surface area contributed by atoms with Crippen molar-refractivity contribution in [3.63, 3.8) is 0 Å². The van der Waals surface area contributed by atoms with E-state index in [2.05, 4.69) is 4.72 Å². The van der Waals surface area contributed by atoms with E-state index in [9.17, 15) is 8.42 Å². The fourth-order valence-electron chi connectivity index (χ4n) is 2.07. The van der Waals surface area contributed by atoms with Crippen molar-refractivity contribution in [2.24, 2.45) is 5.92 Å². The van der Waals surface area contributed by atoms with Gasteiger partial charge in [0, 0.05) is 19.8 Å². The van der Waals surface area contributed by atoms with Crippen molar-refractivity contribution in [3.05, 3.63) is 29.8 Å². The molecule has 0 saturated carbocycles. The Balaban J connectivity index is 1.89. The third kappa shape index (κ3) is 4.01. The average Bonchev–Trinajstić information content (AvgIpc) is 2.92. The molecule has 1 aliphatic rings. The zero-order valence-corrected chi connectivity index (χ0v) is 11.5. The van der Waals surface area contributed by atoms with E-state index in [0.717, 1.165) is 26.1 Å². The van der Waals surface area contributed by atoms with Crippen molar-refractivity contribution in [2.45, 2.75) is 24.3 Å². The molecule has 5 nitrogen and oxygen atoms in total. The molecule has 1 unspecified atom stereocenters. The Morgan fingerprint density at radius 2 is 2.05 bits per heavy atom. The van der Waals surface area contributed by atoms with Crippen LogP contribution in [0.2, 0.25) is 0 Å². The zero-order chi connectivity index (χ0) is 13.7. The van der Waals surface area contributed by atoms with Crippen molar-refractivity contribution in [1.82, 2.24) is 4.72 Å². The molecule has 1 heterocycles. The summed E-state index contributed by atoms with van der Waals surface area (Å²) in [5, 5.41) is 8.92. The maximum absolute atomic E-state index is 12.0. The third-order valence-corrected chi connectivity index (χ3v) is 4.76. The lowest BCUT2D eigenvalue weighted by atomic mass is 10.1. The molecule has 0 aliphatic carbocycles. The lowest BCUT2D eigenvalue weighted by Gasteiger charge is -2.09. The highest BCUT2D eigenvalue weighted by atomic mass is 32.2. The topological polar surface area (TPSA) is 75.6 Å². The number of aliphatic hydroxyl groups is 1. The Kier molecular flexibility index (Phi) is 4.93. The molecule has 106 valence electrons. The van der Waals surface area contributed by atoms with E-state index in [4.69, 9.17) is 9.84 Å². The van der Waals surface area contributed by atoms with Gasteiger partial charge in [0.2, 0.25) is 10.0 Å². The highest BCUT2D eigenvalue weighted by Crippen LogP contribution is 2.16. The van der Waals surface area contributed by atoms with E-state index >= 15 is 0 Å². The van der Waals surface area contributed by atoms with Crippen LogP contribution in [0.5, 0.6) is 0 Å². The first-order valence-electron chi connectivity index (χ1n) is 6.39. The van der Waals surface area contributed by atoms with Crippen LogP contribution in [0, 0.1) is 5.92 Å². The predicted octanol–water partition coefficient (Wildman–Crippen LogP) is 0.884. The molecule has 1 atom stereocenters. The minimum atomic E-state index is -3.45. The molecule has 2 N–H and O–H groups in total. The summed E-state index contributed by atoms with van der Waals surface area (Å²) in [6.07, 6.45) is 1.81. The summed E-state index contributed by atoms with van der Waals surface area (Å²) in [7, 11) is -3.45. The van der Waals surface area contributed by atoms with E-state index < -0.39 is 10.0 Å². The number of aliphatic hydroxyl groups excluding tert-OH is 1. The van der Waals surface area contributed by atoms with Gasteiger partial charge in [-0.15, -0.1) is 0 Å². The number of hydrogen-bond donors (Lipinski definition) is 2.